The zero-order valence-corrected chi connectivity index (χ0v) is 13.4. The van der Waals surface area contributed by atoms with Gasteiger partial charge in [0.2, 0.25) is 5.91 Å². The number of amides is 1. The number of nitrogens with zero attached hydrogens (tertiary/aromatic N) is 1. The fourth-order valence-electron chi connectivity index (χ4n) is 3.70. The highest BCUT2D eigenvalue weighted by Crippen LogP contribution is 2.43. The summed E-state index contributed by atoms with van der Waals surface area (Å²) in [5.74, 6) is 0.265. The average molecular weight is 292 g/mol. The van der Waals surface area contributed by atoms with Crippen LogP contribution in [0.5, 0.6) is 0 Å². The molecule has 0 spiro atoms. The van der Waals surface area contributed by atoms with Crippen LogP contribution < -0.4 is 5.32 Å². The van der Waals surface area contributed by atoms with Gasteiger partial charge in [-0.2, -0.15) is 0 Å². The van der Waals surface area contributed by atoms with Crippen molar-refractivity contribution in [1.29, 1.82) is 0 Å². The van der Waals surface area contributed by atoms with Crippen molar-refractivity contribution in [3.05, 3.63) is 21.9 Å². The molecule has 1 N–H and O–H groups in total. The number of hydrogen-bond acceptors (Lipinski definition) is 3. The van der Waals surface area contributed by atoms with E-state index < -0.39 is 0 Å². The van der Waals surface area contributed by atoms with Gasteiger partial charge >= 0.3 is 0 Å². The first-order chi connectivity index (χ1) is 9.49. The third-order valence-corrected chi connectivity index (χ3v) is 5.88. The molecule has 1 amide bonds. The number of hydrogen-bond donors (Lipinski definition) is 1. The van der Waals surface area contributed by atoms with Crippen molar-refractivity contribution in [2.45, 2.75) is 58.7 Å². The first-order valence-corrected chi connectivity index (χ1v) is 8.41. The molecule has 20 heavy (non-hydrogen) atoms. The topological polar surface area (TPSA) is 32.3 Å². The van der Waals surface area contributed by atoms with Gasteiger partial charge in [-0.25, -0.2) is 0 Å². The fourth-order valence-corrected chi connectivity index (χ4v) is 4.65. The normalized spacial score (nSPS) is 29.9. The lowest BCUT2D eigenvalue weighted by atomic mass is 9.72. The van der Waals surface area contributed by atoms with Gasteiger partial charge in [0.25, 0.3) is 0 Å². The zero-order chi connectivity index (χ0) is 14.3. The van der Waals surface area contributed by atoms with Gasteiger partial charge in [-0.15, -0.1) is 11.3 Å². The summed E-state index contributed by atoms with van der Waals surface area (Å²) in [6.07, 6.45) is 4.98. The van der Waals surface area contributed by atoms with E-state index >= 15 is 0 Å². The molecule has 3 rings (SSSR count). The Balaban J connectivity index is 1.90. The van der Waals surface area contributed by atoms with Crippen molar-refractivity contribution in [3.63, 3.8) is 0 Å². The van der Waals surface area contributed by atoms with Crippen LogP contribution in [-0.4, -0.2) is 23.4 Å². The molecular formula is C16H24N2OS. The summed E-state index contributed by atoms with van der Waals surface area (Å²) in [6, 6.07) is 4.68. The minimum absolute atomic E-state index is 0.0866. The largest absolute Gasteiger partial charge is 0.317 e. The number of thiophene rings is 1. The number of rotatable bonds is 2. The molecule has 3 nitrogen and oxygen atoms in total. The van der Waals surface area contributed by atoms with E-state index in [0.29, 0.717) is 12.6 Å². The van der Waals surface area contributed by atoms with Crippen molar-refractivity contribution in [2.75, 3.05) is 6.54 Å². The molecule has 4 heteroatoms. The van der Waals surface area contributed by atoms with Crippen LogP contribution in [0.4, 0.5) is 0 Å². The van der Waals surface area contributed by atoms with Crippen molar-refractivity contribution in [1.82, 2.24) is 10.2 Å². The molecule has 0 bridgehead atoms. The molecule has 2 fully saturated rings. The van der Waals surface area contributed by atoms with Gasteiger partial charge in [0.15, 0.2) is 0 Å². The minimum atomic E-state index is 0.0866. The Morgan fingerprint density at radius 1 is 1.35 bits per heavy atom. The molecule has 1 saturated carbocycles. The first kappa shape index (κ1) is 14.1. The van der Waals surface area contributed by atoms with Crippen molar-refractivity contribution in [3.8, 4) is 0 Å². The summed E-state index contributed by atoms with van der Waals surface area (Å²) in [5.41, 5.74) is 0.227. The predicted molar refractivity (Wildman–Crippen MR) is 82.7 cm³/mol. The van der Waals surface area contributed by atoms with Gasteiger partial charge in [0.1, 0.15) is 6.17 Å². The van der Waals surface area contributed by atoms with E-state index in [0.717, 1.165) is 6.42 Å². The van der Waals surface area contributed by atoms with Crippen LogP contribution in [0.25, 0.3) is 0 Å². The Hall–Kier alpha value is -0.870. The number of nitrogens with one attached hydrogen (secondary N) is 1. The van der Waals surface area contributed by atoms with Gasteiger partial charge in [-0.1, -0.05) is 26.7 Å². The lowest BCUT2D eigenvalue weighted by Crippen LogP contribution is -2.49. The summed E-state index contributed by atoms with van der Waals surface area (Å²) in [4.78, 5) is 17.1. The van der Waals surface area contributed by atoms with E-state index in [-0.39, 0.29) is 17.5 Å². The highest BCUT2D eigenvalue weighted by atomic mass is 32.1. The van der Waals surface area contributed by atoms with E-state index in [1.54, 1.807) is 11.3 Å². The Bertz CT molecular complexity index is 508. The third-order valence-electron chi connectivity index (χ3n) is 4.83. The summed E-state index contributed by atoms with van der Waals surface area (Å²) in [6.45, 7) is 7.24. The van der Waals surface area contributed by atoms with Crippen LogP contribution in [0, 0.1) is 12.3 Å². The van der Waals surface area contributed by atoms with Crippen molar-refractivity contribution in [2.24, 2.45) is 5.41 Å². The highest BCUT2D eigenvalue weighted by molar-refractivity contribution is 7.12. The maximum absolute atomic E-state index is 12.4. The van der Waals surface area contributed by atoms with Gasteiger partial charge in [-0.3, -0.25) is 10.1 Å². The molecule has 1 aromatic rings. The second-order valence-electron chi connectivity index (χ2n) is 6.78. The lowest BCUT2D eigenvalue weighted by Gasteiger charge is -2.45. The quantitative estimate of drug-likeness (QED) is 0.905. The van der Waals surface area contributed by atoms with Gasteiger partial charge in [0.05, 0.1) is 6.54 Å². The Labute approximate surface area is 125 Å². The van der Waals surface area contributed by atoms with Crippen LogP contribution in [0.3, 0.4) is 0 Å². The second-order valence-corrected chi connectivity index (χ2v) is 8.10. The summed E-state index contributed by atoms with van der Waals surface area (Å²) >= 11 is 1.80. The minimum Gasteiger partial charge on any atom is -0.317 e. The monoisotopic (exact) mass is 292 g/mol. The molecule has 1 aliphatic heterocycles. The highest BCUT2D eigenvalue weighted by Gasteiger charge is 2.44. The van der Waals surface area contributed by atoms with Gasteiger partial charge < -0.3 is 4.90 Å². The fraction of sp³-hybridized carbons (Fsp3) is 0.688. The molecule has 2 heterocycles. The Morgan fingerprint density at radius 2 is 2.15 bits per heavy atom. The van der Waals surface area contributed by atoms with E-state index in [1.807, 2.05) is 0 Å². The summed E-state index contributed by atoms with van der Waals surface area (Å²) in [7, 11) is 0. The van der Waals surface area contributed by atoms with Crippen LogP contribution in [0.15, 0.2) is 12.1 Å². The van der Waals surface area contributed by atoms with E-state index in [1.165, 1.54) is 29.0 Å². The Kier molecular flexibility index (Phi) is 3.63. The number of carbonyl (C=O) groups excluding carboxylic acids is 1. The zero-order valence-electron chi connectivity index (χ0n) is 12.6. The maximum Gasteiger partial charge on any atom is 0.238 e. The SMILES string of the molecule is Cc1ccc(C2NCC(=O)N2C2CCCCC2(C)C)s1. The van der Waals surface area contributed by atoms with E-state index in [4.69, 9.17) is 0 Å². The second kappa shape index (κ2) is 5.15. The summed E-state index contributed by atoms with van der Waals surface area (Å²) < 4.78 is 0. The summed E-state index contributed by atoms with van der Waals surface area (Å²) in [5, 5.41) is 3.41. The van der Waals surface area contributed by atoms with Crippen LogP contribution in [0.1, 0.15) is 55.5 Å². The standard InChI is InChI=1S/C16H24N2OS/c1-11-7-8-12(20-11)15-17-10-14(19)18(15)13-6-4-5-9-16(13,2)3/h7-8,13,15,17H,4-6,9-10H2,1-3H3. The number of aryl methyl sites for hydroxylation is 1. The van der Waals surface area contributed by atoms with E-state index in [2.05, 4.69) is 43.1 Å². The molecule has 0 aromatic carbocycles. The molecule has 2 aliphatic rings. The van der Waals surface area contributed by atoms with Gasteiger partial charge in [0, 0.05) is 15.8 Å². The number of carbonyl (C=O) groups is 1. The molecule has 2 unspecified atom stereocenters. The van der Waals surface area contributed by atoms with Gasteiger partial charge in [-0.05, 0) is 37.3 Å². The molecule has 0 radical (unpaired) electrons. The van der Waals surface area contributed by atoms with Crippen LogP contribution >= 0.6 is 11.3 Å². The Morgan fingerprint density at radius 3 is 2.80 bits per heavy atom. The first-order valence-electron chi connectivity index (χ1n) is 7.60. The molecular weight excluding hydrogens is 268 g/mol. The maximum atomic E-state index is 12.4. The average Bonchev–Trinajstić information content (AvgIpc) is 2.96. The molecule has 1 aromatic heterocycles. The van der Waals surface area contributed by atoms with E-state index in [9.17, 15) is 4.79 Å². The molecule has 1 saturated heterocycles. The van der Waals surface area contributed by atoms with Crippen LogP contribution in [-0.2, 0) is 4.79 Å². The molecule has 1 aliphatic carbocycles. The van der Waals surface area contributed by atoms with Crippen molar-refractivity contribution >= 4 is 17.2 Å². The lowest BCUT2D eigenvalue weighted by molar-refractivity contribution is -0.134. The van der Waals surface area contributed by atoms with Crippen LogP contribution in [0.2, 0.25) is 0 Å². The smallest absolute Gasteiger partial charge is 0.238 e. The molecule has 2 atom stereocenters. The molecule has 110 valence electrons. The predicted octanol–water partition coefficient (Wildman–Crippen LogP) is 3.46. The van der Waals surface area contributed by atoms with Crippen molar-refractivity contribution < 1.29 is 4.79 Å². The third kappa shape index (κ3) is 2.40.